The van der Waals surface area contributed by atoms with E-state index in [2.05, 4.69) is 37.3 Å². The minimum absolute atomic E-state index is 0.0345. The molecule has 0 aliphatic rings. The maximum atomic E-state index is 12.0. The van der Waals surface area contributed by atoms with Crippen LogP contribution in [-0.4, -0.2) is 18.4 Å². The molecule has 0 saturated carbocycles. The molecular formula is C10H7ClIN3O2S. The van der Waals surface area contributed by atoms with E-state index in [0.717, 1.165) is 3.57 Å². The van der Waals surface area contributed by atoms with Gasteiger partial charge in [-0.1, -0.05) is 11.6 Å². The molecule has 2 rings (SSSR count). The van der Waals surface area contributed by atoms with Crippen molar-refractivity contribution < 1.29 is 8.42 Å². The summed E-state index contributed by atoms with van der Waals surface area (Å²) < 4.78 is 27.2. The van der Waals surface area contributed by atoms with Gasteiger partial charge in [-0.25, -0.2) is 18.4 Å². The fraction of sp³-hybridized carbons (Fsp3) is 0. The van der Waals surface area contributed by atoms with Gasteiger partial charge in [-0.2, -0.15) is 0 Å². The van der Waals surface area contributed by atoms with Crippen LogP contribution in [0.3, 0.4) is 0 Å². The van der Waals surface area contributed by atoms with Gasteiger partial charge in [-0.15, -0.1) is 0 Å². The maximum absolute atomic E-state index is 12.0. The fourth-order valence-corrected chi connectivity index (χ4v) is 2.54. The summed E-state index contributed by atoms with van der Waals surface area (Å²) in [7, 11) is -3.68. The van der Waals surface area contributed by atoms with Crippen LogP contribution in [0.15, 0.2) is 41.6 Å². The summed E-state index contributed by atoms with van der Waals surface area (Å²) in [5.74, 6) is 0.255. The Bertz CT molecular complexity index is 644. The molecule has 0 fully saturated rings. The zero-order valence-electron chi connectivity index (χ0n) is 8.84. The van der Waals surface area contributed by atoms with Gasteiger partial charge in [0.1, 0.15) is 15.9 Å². The Morgan fingerprint density at radius 2 is 1.89 bits per heavy atom. The summed E-state index contributed by atoms with van der Waals surface area (Å²) in [5, 5.41) is 0.237. The van der Waals surface area contributed by atoms with E-state index in [-0.39, 0.29) is 15.9 Å². The molecule has 0 aliphatic heterocycles. The van der Waals surface area contributed by atoms with Crippen LogP contribution in [0.25, 0.3) is 0 Å². The lowest BCUT2D eigenvalue weighted by Crippen LogP contribution is -2.14. The number of hydrogen-bond acceptors (Lipinski definition) is 4. The topological polar surface area (TPSA) is 72.0 Å². The largest absolute Gasteiger partial charge is 0.264 e. The third-order valence-corrected chi connectivity index (χ3v) is 4.18. The number of aromatic nitrogens is 2. The molecule has 0 aromatic carbocycles. The van der Waals surface area contributed by atoms with Gasteiger partial charge in [0, 0.05) is 16.0 Å². The maximum Gasteiger partial charge on any atom is 0.264 e. The Balaban J connectivity index is 2.27. The normalized spacial score (nSPS) is 11.2. The van der Waals surface area contributed by atoms with Gasteiger partial charge in [-0.3, -0.25) is 4.72 Å². The van der Waals surface area contributed by atoms with E-state index in [1.807, 2.05) is 0 Å². The molecule has 0 unspecified atom stereocenters. The van der Waals surface area contributed by atoms with Crippen LogP contribution in [0, 0.1) is 3.57 Å². The Hall–Kier alpha value is -0.930. The van der Waals surface area contributed by atoms with Gasteiger partial charge in [0.25, 0.3) is 10.0 Å². The third-order valence-electron chi connectivity index (χ3n) is 1.98. The van der Waals surface area contributed by atoms with Gasteiger partial charge < -0.3 is 0 Å². The first-order valence-electron chi connectivity index (χ1n) is 4.73. The first kappa shape index (κ1) is 13.5. The zero-order valence-corrected chi connectivity index (χ0v) is 12.6. The van der Waals surface area contributed by atoms with Crippen molar-refractivity contribution in [2.75, 3.05) is 4.72 Å². The summed E-state index contributed by atoms with van der Waals surface area (Å²) in [5.41, 5.74) is 0. The summed E-state index contributed by atoms with van der Waals surface area (Å²) in [6.45, 7) is 0. The molecule has 0 spiro atoms. The van der Waals surface area contributed by atoms with Crippen LogP contribution in [0.5, 0.6) is 0 Å². The molecule has 5 nitrogen and oxygen atoms in total. The van der Waals surface area contributed by atoms with Crippen LogP contribution < -0.4 is 4.72 Å². The van der Waals surface area contributed by atoms with Crippen molar-refractivity contribution in [2.45, 2.75) is 4.90 Å². The highest BCUT2D eigenvalue weighted by atomic mass is 127. The van der Waals surface area contributed by atoms with Crippen molar-refractivity contribution >= 4 is 50.0 Å². The van der Waals surface area contributed by atoms with Crippen LogP contribution in [0.1, 0.15) is 0 Å². The number of halogens is 2. The highest BCUT2D eigenvalue weighted by molar-refractivity contribution is 14.1. The van der Waals surface area contributed by atoms with E-state index in [1.165, 1.54) is 18.3 Å². The molecule has 0 aliphatic carbocycles. The van der Waals surface area contributed by atoms with E-state index >= 15 is 0 Å². The lowest BCUT2D eigenvalue weighted by atomic mass is 10.5. The number of anilines is 1. The molecule has 0 atom stereocenters. The summed E-state index contributed by atoms with van der Waals surface area (Å²) in [6, 6.07) is 6.13. The molecule has 0 amide bonds. The van der Waals surface area contributed by atoms with Gasteiger partial charge in [0.2, 0.25) is 0 Å². The van der Waals surface area contributed by atoms with Crippen LogP contribution in [-0.2, 0) is 10.0 Å². The highest BCUT2D eigenvalue weighted by Gasteiger charge is 2.15. The van der Waals surface area contributed by atoms with Crippen molar-refractivity contribution in [3.8, 4) is 0 Å². The van der Waals surface area contributed by atoms with Gasteiger partial charge in [-0.05, 0) is 46.9 Å². The predicted molar refractivity (Wildman–Crippen MR) is 77.0 cm³/mol. The molecule has 0 bridgehead atoms. The van der Waals surface area contributed by atoms with E-state index in [9.17, 15) is 8.42 Å². The number of nitrogens with zero attached hydrogens (tertiary/aromatic N) is 2. The molecule has 0 radical (unpaired) electrons. The molecule has 18 heavy (non-hydrogen) atoms. The Morgan fingerprint density at radius 3 is 2.44 bits per heavy atom. The van der Waals surface area contributed by atoms with E-state index < -0.39 is 10.0 Å². The summed E-state index contributed by atoms with van der Waals surface area (Å²) >= 11 is 7.68. The third kappa shape index (κ3) is 3.30. The summed E-state index contributed by atoms with van der Waals surface area (Å²) in [4.78, 5) is 7.72. The molecule has 2 heterocycles. The van der Waals surface area contributed by atoms with Crippen LogP contribution in [0.2, 0.25) is 5.15 Å². The second kappa shape index (κ2) is 5.37. The number of rotatable bonds is 3. The molecule has 2 aromatic heterocycles. The second-order valence-corrected chi connectivity index (χ2v) is 6.60. The van der Waals surface area contributed by atoms with Crippen molar-refractivity contribution in [1.82, 2.24) is 9.97 Å². The molecule has 8 heteroatoms. The number of nitrogens with one attached hydrogen (secondary N) is 1. The number of pyridine rings is 2. The highest BCUT2D eigenvalue weighted by Crippen LogP contribution is 2.15. The minimum Gasteiger partial charge on any atom is -0.263 e. The second-order valence-electron chi connectivity index (χ2n) is 3.28. The molecule has 2 aromatic rings. The molecule has 0 saturated heterocycles. The average molecular weight is 396 g/mol. The number of hydrogen-bond donors (Lipinski definition) is 1. The van der Waals surface area contributed by atoms with Crippen LogP contribution >= 0.6 is 34.2 Å². The van der Waals surface area contributed by atoms with Crippen molar-refractivity contribution in [2.24, 2.45) is 0 Å². The van der Waals surface area contributed by atoms with Gasteiger partial charge >= 0.3 is 0 Å². The van der Waals surface area contributed by atoms with E-state index in [4.69, 9.17) is 11.6 Å². The first-order valence-corrected chi connectivity index (χ1v) is 7.67. The smallest absolute Gasteiger partial charge is 0.263 e. The quantitative estimate of drug-likeness (QED) is 0.640. The number of sulfonamides is 1. The van der Waals surface area contributed by atoms with Crippen molar-refractivity contribution in [1.29, 1.82) is 0 Å². The van der Waals surface area contributed by atoms with E-state index in [1.54, 1.807) is 18.3 Å². The zero-order chi connectivity index (χ0) is 13.2. The van der Waals surface area contributed by atoms with Crippen molar-refractivity contribution in [3.05, 3.63) is 45.4 Å². The standard InChI is InChI=1S/C10H7ClIN3O2S/c11-9-3-2-8(6-13-9)18(16,17)15-10-4-1-7(12)5-14-10/h1-6H,(H,14,15). The molecule has 1 N–H and O–H groups in total. The minimum atomic E-state index is -3.68. The Labute approximate surface area is 123 Å². The van der Waals surface area contributed by atoms with Gasteiger partial charge in [0.15, 0.2) is 0 Å². The predicted octanol–water partition coefficient (Wildman–Crippen LogP) is 2.54. The first-order chi connectivity index (χ1) is 8.47. The lowest BCUT2D eigenvalue weighted by molar-refractivity contribution is 0.600. The SMILES string of the molecule is O=S(=O)(Nc1ccc(I)cn1)c1ccc(Cl)nc1. The molecular weight excluding hydrogens is 389 g/mol. The Kier molecular flexibility index (Phi) is 4.03. The van der Waals surface area contributed by atoms with Crippen molar-refractivity contribution in [3.63, 3.8) is 0 Å². The fourth-order valence-electron chi connectivity index (χ4n) is 1.15. The monoisotopic (exact) mass is 395 g/mol. The van der Waals surface area contributed by atoms with Gasteiger partial charge in [0.05, 0.1) is 0 Å². The summed E-state index contributed by atoms with van der Waals surface area (Å²) in [6.07, 6.45) is 2.76. The van der Waals surface area contributed by atoms with Crippen LogP contribution in [0.4, 0.5) is 5.82 Å². The molecule has 94 valence electrons. The van der Waals surface area contributed by atoms with E-state index in [0.29, 0.717) is 0 Å². The Morgan fingerprint density at radius 1 is 1.11 bits per heavy atom. The average Bonchev–Trinajstić information content (AvgIpc) is 2.32. The lowest BCUT2D eigenvalue weighted by Gasteiger charge is -2.06.